The quantitative estimate of drug-likeness (QED) is 0.842. The fourth-order valence-corrected chi connectivity index (χ4v) is 3.30. The van der Waals surface area contributed by atoms with Crippen molar-refractivity contribution in [3.63, 3.8) is 0 Å². The van der Waals surface area contributed by atoms with Crippen LogP contribution >= 0.6 is 11.8 Å². The van der Waals surface area contributed by atoms with Gasteiger partial charge in [-0.2, -0.15) is 0 Å². The Balaban J connectivity index is 1.91. The van der Waals surface area contributed by atoms with Crippen LogP contribution in [-0.2, 0) is 0 Å². The molecule has 0 spiro atoms. The van der Waals surface area contributed by atoms with Crippen molar-refractivity contribution in [3.05, 3.63) is 65.7 Å². The second-order valence-corrected chi connectivity index (χ2v) is 5.38. The lowest BCUT2D eigenvalue weighted by molar-refractivity contribution is 0.414. The summed E-state index contributed by atoms with van der Waals surface area (Å²) in [7, 11) is 1.70. The van der Waals surface area contributed by atoms with Crippen LogP contribution in [0.4, 0.5) is 0 Å². The number of methoxy groups -OCH3 is 1. The van der Waals surface area contributed by atoms with Crippen molar-refractivity contribution in [1.29, 1.82) is 0 Å². The third kappa shape index (κ3) is 2.51. The molecule has 1 aliphatic heterocycles. The molecule has 0 amide bonds. The highest BCUT2D eigenvalue weighted by atomic mass is 32.2. The van der Waals surface area contributed by atoms with E-state index in [0.717, 1.165) is 22.1 Å². The summed E-state index contributed by atoms with van der Waals surface area (Å²) >= 11 is 1.80. The lowest BCUT2D eigenvalue weighted by Crippen LogP contribution is -1.96. The summed E-state index contributed by atoms with van der Waals surface area (Å²) in [5.74, 6) is 1.89. The number of rotatable bonds is 3. The minimum atomic E-state index is 0.256. The smallest absolute Gasteiger partial charge is 0.128 e. The molecule has 2 aromatic carbocycles. The van der Waals surface area contributed by atoms with Crippen LogP contribution in [0.15, 0.2) is 59.6 Å². The van der Waals surface area contributed by atoms with Crippen LogP contribution in [0, 0.1) is 0 Å². The van der Waals surface area contributed by atoms with Gasteiger partial charge in [0, 0.05) is 11.3 Å². The van der Waals surface area contributed by atoms with Crippen molar-refractivity contribution < 1.29 is 4.74 Å². The van der Waals surface area contributed by atoms with Crippen LogP contribution in [0.2, 0.25) is 0 Å². The average Bonchev–Trinajstić information content (AvgIpc) is 2.98. The standard InChI is InChI=1S/C16H15NOS/c1-18-15-10-6-5-9-13(15)16-17-14(11-19-16)12-7-3-2-4-8-12/h2-10,14H,11H2,1H3. The fourth-order valence-electron chi connectivity index (χ4n) is 2.19. The predicted molar refractivity (Wildman–Crippen MR) is 81.2 cm³/mol. The Bertz CT molecular complexity index is 595. The van der Waals surface area contributed by atoms with Crippen molar-refractivity contribution in [3.8, 4) is 5.75 Å². The number of nitrogens with zero attached hydrogens (tertiary/aromatic N) is 1. The topological polar surface area (TPSA) is 21.6 Å². The van der Waals surface area contributed by atoms with Crippen LogP contribution in [0.3, 0.4) is 0 Å². The van der Waals surface area contributed by atoms with E-state index >= 15 is 0 Å². The van der Waals surface area contributed by atoms with Gasteiger partial charge in [-0.05, 0) is 17.7 Å². The summed E-state index contributed by atoms with van der Waals surface area (Å²) in [6.45, 7) is 0. The van der Waals surface area contributed by atoms with Crippen LogP contribution < -0.4 is 4.74 Å². The van der Waals surface area contributed by atoms with E-state index in [9.17, 15) is 0 Å². The predicted octanol–water partition coefficient (Wildman–Crippen LogP) is 3.93. The summed E-state index contributed by atoms with van der Waals surface area (Å²) < 4.78 is 5.40. The van der Waals surface area contributed by atoms with Crippen molar-refractivity contribution in [1.82, 2.24) is 0 Å². The summed E-state index contributed by atoms with van der Waals surface area (Å²) in [6, 6.07) is 18.8. The molecular weight excluding hydrogens is 254 g/mol. The van der Waals surface area contributed by atoms with E-state index < -0.39 is 0 Å². The molecule has 0 fully saturated rings. The maximum absolute atomic E-state index is 5.40. The molecule has 0 aromatic heterocycles. The first kappa shape index (κ1) is 12.3. The first-order valence-corrected chi connectivity index (χ1v) is 7.26. The summed E-state index contributed by atoms with van der Waals surface area (Å²) in [5.41, 5.74) is 2.37. The second kappa shape index (κ2) is 5.49. The minimum absolute atomic E-state index is 0.256. The molecule has 0 saturated heterocycles. The van der Waals surface area contributed by atoms with Crippen LogP contribution in [0.25, 0.3) is 0 Å². The van der Waals surface area contributed by atoms with Gasteiger partial charge in [-0.1, -0.05) is 42.5 Å². The summed E-state index contributed by atoms with van der Waals surface area (Å²) in [6.07, 6.45) is 0. The summed E-state index contributed by atoms with van der Waals surface area (Å²) in [4.78, 5) is 4.84. The van der Waals surface area contributed by atoms with Crippen molar-refractivity contribution in [2.24, 2.45) is 4.99 Å². The Hall–Kier alpha value is -1.74. The van der Waals surface area contributed by atoms with Gasteiger partial charge in [0.15, 0.2) is 0 Å². The Morgan fingerprint density at radius 2 is 1.79 bits per heavy atom. The highest BCUT2D eigenvalue weighted by Gasteiger charge is 2.22. The lowest BCUT2D eigenvalue weighted by atomic mass is 10.1. The Labute approximate surface area is 117 Å². The molecule has 1 atom stereocenters. The van der Waals surface area contributed by atoms with Gasteiger partial charge in [0.1, 0.15) is 10.8 Å². The number of benzene rings is 2. The highest BCUT2D eigenvalue weighted by Crippen LogP contribution is 2.35. The van der Waals surface area contributed by atoms with Crippen molar-refractivity contribution in [2.75, 3.05) is 12.9 Å². The zero-order valence-electron chi connectivity index (χ0n) is 10.7. The van der Waals surface area contributed by atoms with E-state index in [-0.39, 0.29) is 6.04 Å². The number of aliphatic imine (C=N–C) groups is 1. The van der Waals surface area contributed by atoms with Gasteiger partial charge in [0.25, 0.3) is 0 Å². The van der Waals surface area contributed by atoms with Crippen LogP contribution in [-0.4, -0.2) is 17.9 Å². The number of thioether (sulfide) groups is 1. The van der Waals surface area contributed by atoms with E-state index in [0.29, 0.717) is 0 Å². The molecule has 3 heteroatoms. The first-order valence-electron chi connectivity index (χ1n) is 6.27. The van der Waals surface area contributed by atoms with Gasteiger partial charge in [-0.15, -0.1) is 11.8 Å². The third-order valence-corrected chi connectivity index (χ3v) is 4.25. The SMILES string of the molecule is COc1ccccc1C1=NC(c2ccccc2)CS1. The maximum atomic E-state index is 5.40. The van der Waals surface area contributed by atoms with Gasteiger partial charge < -0.3 is 4.74 Å². The van der Waals surface area contributed by atoms with Gasteiger partial charge in [-0.3, -0.25) is 4.99 Å². The minimum Gasteiger partial charge on any atom is -0.496 e. The first-order chi connectivity index (χ1) is 9.38. The second-order valence-electron chi connectivity index (χ2n) is 4.37. The zero-order valence-corrected chi connectivity index (χ0v) is 11.6. The van der Waals surface area contributed by atoms with Gasteiger partial charge in [0.05, 0.1) is 13.2 Å². The number of para-hydroxylation sites is 1. The average molecular weight is 269 g/mol. The van der Waals surface area contributed by atoms with E-state index in [4.69, 9.17) is 9.73 Å². The molecule has 2 nitrogen and oxygen atoms in total. The van der Waals surface area contributed by atoms with E-state index in [1.807, 2.05) is 24.3 Å². The molecule has 1 heterocycles. The molecule has 96 valence electrons. The largest absolute Gasteiger partial charge is 0.496 e. The van der Waals surface area contributed by atoms with E-state index in [1.165, 1.54) is 5.56 Å². The molecule has 1 aliphatic rings. The van der Waals surface area contributed by atoms with Gasteiger partial charge in [0.2, 0.25) is 0 Å². The molecule has 19 heavy (non-hydrogen) atoms. The molecule has 3 rings (SSSR count). The fraction of sp³-hybridized carbons (Fsp3) is 0.188. The Morgan fingerprint density at radius 1 is 1.05 bits per heavy atom. The monoisotopic (exact) mass is 269 g/mol. The van der Waals surface area contributed by atoms with Gasteiger partial charge in [-0.25, -0.2) is 0 Å². The zero-order chi connectivity index (χ0) is 13.1. The normalized spacial score (nSPS) is 18.2. The van der Waals surface area contributed by atoms with Crippen LogP contribution in [0.1, 0.15) is 17.2 Å². The molecular formula is C16H15NOS. The van der Waals surface area contributed by atoms with Crippen molar-refractivity contribution in [2.45, 2.75) is 6.04 Å². The molecule has 2 aromatic rings. The number of hydrogen-bond donors (Lipinski definition) is 0. The van der Waals surface area contributed by atoms with Crippen LogP contribution in [0.5, 0.6) is 5.75 Å². The van der Waals surface area contributed by atoms with Gasteiger partial charge >= 0.3 is 0 Å². The Morgan fingerprint density at radius 3 is 2.58 bits per heavy atom. The summed E-state index contributed by atoms with van der Waals surface area (Å²) in [5, 5.41) is 1.08. The van der Waals surface area contributed by atoms with E-state index in [1.54, 1.807) is 18.9 Å². The number of ether oxygens (including phenoxy) is 1. The molecule has 0 N–H and O–H groups in total. The molecule has 0 radical (unpaired) electrons. The highest BCUT2D eigenvalue weighted by molar-refractivity contribution is 8.14. The Kier molecular flexibility index (Phi) is 3.56. The van der Waals surface area contributed by atoms with E-state index in [2.05, 4.69) is 30.3 Å². The molecule has 0 saturated carbocycles. The third-order valence-electron chi connectivity index (χ3n) is 3.17. The lowest BCUT2D eigenvalue weighted by Gasteiger charge is -2.06. The number of hydrogen-bond acceptors (Lipinski definition) is 3. The van der Waals surface area contributed by atoms with Crippen molar-refractivity contribution >= 4 is 16.8 Å². The molecule has 0 aliphatic carbocycles. The molecule has 1 unspecified atom stereocenters. The molecule has 0 bridgehead atoms. The maximum Gasteiger partial charge on any atom is 0.128 e.